The molecule has 1 N–H and O–H groups in total. The molecule has 0 spiro atoms. The summed E-state index contributed by atoms with van der Waals surface area (Å²) in [5.41, 5.74) is 0.819. The maximum Gasteiger partial charge on any atom is 0.318 e. The van der Waals surface area contributed by atoms with Crippen molar-refractivity contribution in [1.82, 2.24) is 10.2 Å². The van der Waals surface area contributed by atoms with E-state index in [0.717, 1.165) is 19.3 Å². The van der Waals surface area contributed by atoms with E-state index in [1.807, 2.05) is 18.2 Å². The molecule has 0 atom stereocenters. The highest BCUT2D eigenvalue weighted by Crippen LogP contribution is 2.30. The van der Waals surface area contributed by atoms with Gasteiger partial charge in [0.05, 0.1) is 7.11 Å². The van der Waals surface area contributed by atoms with Crippen LogP contribution in [0.25, 0.3) is 0 Å². The molecular weight excluding hydrogens is 397 g/mol. The van der Waals surface area contributed by atoms with Gasteiger partial charge in [0.2, 0.25) is 0 Å². The van der Waals surface area contributed by atoms with Crippen LogP contribution in [-0.4, -0.2) is 49.1 Å². The number of anilines is 1. The van der Waals surface area contributed by atoms with Gasteiger partial charge in [0.1, 0.15) is 5.54 Å². The van der Waals surface area contributed by atoms with Crippen LogP contribution < -0.4 is 15.0 Å². The molecule has 0 aromatic heterocycles. The first-order valence-electron chi connectivity index (χ1n) is 10.6. The third-order valence-corrected chi connectivity index (χ3v) is 5.69. The third kappa shape index (κ3) is 5.16. The van der Waals surface area contributed by atoms with Crippen LogP contribution in [0.4, 0.5) is 14.9 Å². The molecule has 1 saturated heterocycles. The molecule has 0 radical (unpaired) electrons. The van der Waals surface area contributed by atoms with Gasteiger partial charge in [-0.2, -0.15) is 0 Å². The van der Waals surface area contributed by atoms with Gasteiger partial charge in [-0.15, -0.1) is 0 Å². The number of carbonyl (C=O) groups excluding carboxylic acids is 2. The van der Waals surface area contributed by atoms with Crippen LogP contribution in [0.3, 0.4) is 0 Å². The van der Waals surface area contributed by atoms with Crippen LogP contribution in [0.15, 0.2) is 48.5 Å². The molecule has 166 valence electrons. The number of methoxy groups -OCH3 is 1. The molecule has 31 heavy (non-hydrogen) atoms. The van der Waals surface area contributed by atoms with Crippen LogP contribution in [0.5, 0.6) is 5.75 Å². The predicted octanol–water partition coefficient (Wildman–Crippen LogP) is 3.99. The van der Waals surface area contributed by atoms with E-state index in [4.69, 9.17) is 4.74 Å². The van der Waals surface area contributed by atoms with E-state index in [1.165, 1.54) is 24.8 Å². The number of ether oxygens (including phenoxy) is 1. The largest absolute Gasteiger partial charge is 0.494 e. The second-order valence-electron chi connectivity index (χ2n) is 8.16. The quantitative estimate of drug-likeness (QED) is 0.680. The Labute approximate surface area is 183 Å². The van der Waals surface area contributed by atoms with Gasteiger partial charge < -0.3 is 19.9 Å². The molecule has 1 fully saturated rings. The van der Waals surface area contributed by atoms with Crippen molar-refractivity contribution in [3.63, 3.8) is 0 Å². The number of hydrogen-bond acceptors (Lipinski definition) is 3. The molecule has 2 aromatic carbocycles. The van der Waals surface area contributed by atoms with Crippen molar-refractivity contribution in [2.75, 3.05) is 31.6 Å². The fourth-order valence-corrected chi connectivity index (χ4v) is 3.83. The zero-order chi connectivity index (χ0) is 22.4. The summed E-state index contributed by atoms with van der Waals surface area (Å²) in [5, 5.41) is 2.94. The minimum Gasteiger partial charge on any atom is -0.494 e. The van der Waals surface area contributed by atoms with Gasteiger partial charge in [0.25, 0.3) is 5.91 Å². The van der Waals surface area contributed by atoms with E-state index >= 15 is 0 Å². The Morgan fingerprint density at radius 2 is 1.87 bits per heavy atom. The number of halogens is 1. The summed E-state index contributed by atoms with van der Waals surface area (Å²) >= 11 is 0. The molecule has 2 aromatic rings. The van der Waals surface area contributed by atoms with Gasteiger partial charge >= 0.3 is 6.03 Å². The Morgan fingerprint density at radius 3 is 2.58 bits per heavy atom. The maximum atomic E-state index is 13.7. The van der Waals surface area contributed by atoms with Crippen LogP contribution >= 0.6 is 0 Å². The highest BCUT2D eigenvalue weighted by molar-refractivity contribution is 6.03. The molecule has 7 heteroatoms. The second-order valence-corrected chi connectivity index (χ2v) is 8.16. The maximum absolute atomic E-state index is 13.7. The summed E-state index contributed by atoms with van der Waals surface area (Å²) < 4.78 is 18.8. The lowest BCUT2D eigenvalue weighted by Crippen LogP contribution is -2.66. The summed E-state index contributed by atoms with van der Waals surface area (Å²) in [6.07, 6.45) is 2.82. The van der Waals surface area contributed by atoms with Crippen molar-refractivity contribution in [1.29, 1.82) is 0 Å². The van der Waals surface area contributed by atoms with Gasteiger partial charge in [-0.05, 0) is 50.8 Å². The normalized spacial score (nSPS) is 15.7. The lowest BCUT2D eigenvalue weighted by molar-refractivity contribution is -0.129. The zero-order valence-corrected chi connectivity index (χ0v) is 18.4. The van der Waals surface area contributed by atoms with Crippen molar-refractivity contribution < 1.29 is 18.7 Å². The monoisotopic (exact) mass is 427 g/mol. The van der Waals surface area contributed by atoms with Crippen molar-refractivity contribution in [3.8, 4) is 5.75 Å². The lowest BCUT2D eigenvalue weighted by Gasteiger charge is -2.45. The van der Waals surface area contributed by atoms with Gasteiger partial charge in [0, 0.05) is 31.4 Å². The van der Waals surface area contributed by atoms with E-state index in [-0.39, 0.29) is 17.7 Å². The van der Waals surface area contributed by atoms with Crippen LogP contribution in [0, 0.1) is 5.82 Å². The fraction of sp³-hybridized carbons (Fsp3) is 0.417. The van der Waals surface area contributed by atoms with Crippen LogP contribution in [-0.2, 0) is 11.2 Å². The molecule has 1 heterocycles. The van der Waals surface area contributed by atoms with E-state index in [0.29, 0.717) is 25.3 Å². The standard InChI is InChI=1S/C24H30FN3O3/c1-24(2)22(29)27(19-12-13-20(25)21(17-19)31-3)15-16-28(24)23(30)26-14-8-7-11-18-9-5-4-6-10-18/h4-6,9-10,12-13,17H,7-8,11,14-16H2,1-3H3,(H,26,30). The number of aryl methyl sites for hydroxylation is 1. The van der Waals surface area contributed by atoms with E-state index in [1.54, 1.807) is 29.7 Å². The molecule has 0 unspecified atom stereocenters. The van der Waals surface area contributed by atoms with Gasteiger partial charge in [-0.3, -0.25) is 4.79 Å². The number of benzene rings is 2. The number of unbranched alkanes of at least 4 members (excludes halogenated alkanes) is 1. The molecule has 0 bridgehead atoms. The van der Waals surface area contributed by atoms with Crippen molar-refractivity contribution in [2.45, 2.75) is 38.6 Å². The first-order chi connectivity index (χ1) is 14.8. The number of urea groups is 1. The lowest BCUT2D eigenvalue weighted by atomic mass is 9.97. The number of hydrogen-bond donors (Lipinski definition) is 1. The summed E-state index contributed by atoms with van der Waals surface area (Å²) in [7, 11) is 1.39. The molecule has 1 aliphatic heterocycles. The molecule has 0 saturated carbocycles. The summed E-state index contributed by atoms with van der Waals surface area (Å²) in [6, 6.07) is 14.3. The van der Waals surface area contributed by atoms with Crippen molar-refractivity contribution in [2.24, 2.45) is 0 Å². The fourth-order valence-electron chi connectivity index (χ4n) is 3.83. The first-order valence-corrected chi connectivity index (χ1v) is 10.6. The molecule has 0 aliphatic carbocycles. The first kappa shape index (κ1) is 22.6. The zero-order valence-electron chi connectivity index (χ0n) is 18.4. The Morgan fingerprint density at radius 1 is 1.13 bits per heavy atom. The third-order valence-electron chi connectivity index (χ3n) is 5.69. The summed E-state index contributed by atoms with van der Waals surface area (Å²) in [6.45, 7) is 4.74. The number of amides is 3. The Kier molecular flexibility index (Phi) is 7.15. The Hall–Kier alpha value is -3.09. The molecule has 1 aliphatic rings. The molecule has 3 rings (SSSR count). The van der Waals surface area contributed by atoms with E-state index in [9.17, 15) is 14.0 Å². The molecular formula is C24H30FN3O3. The SMILES string of the molecule is COc1cc(N2CCN(C(=O)NCCCCc3ccccc3)C(C)(C)C2=O)ccc1F. The number of carbonyl (C=O) groups is 2. The van der Waals surface area contributed by atoms with Crippen molar-refractivity contribution >= 4 is 17.6 Å². The number of nitrogens with one attached hydrogen (secondary N) is 1. The smallest absolute Gasteiger partial charge is 0.318 e. The minimum atomic E-state index is -1.02. The highest BCUT2D eigenvalue weighted by Gasteiger charge is 2.44. The predicted molar refractivity (Wildman–Crippen MR) is 119 cm³/mol. The minimum absolute atomic E-state index is 0.0822. The average Bonchev–Trinajstić information content (AvgIpc) is 2.76. The highest BCUT2D eigenvalue weighted by atomic mass is 19.1. The molecule has 6 nitrogen and oxygen atoms in total. The van der Waals surface area contributed by atoms with Crippen LogP contribution in [0.1, 0.15) is 32.3 Å². The van der Waals surface area contributed by atoms with Gasteiger partial charge in [-0.25, -0.2) is 9.18 Å². The summed E-state index contributed by atoms with van der Waals surface area (Å²) in [4.78, 5) is 29.1. The van der Waals surface area contributed by atoms with Crippen LogP contribution in [0.2, 0.25) is 0 Å². The Bertz CT molecular complexity index is 918. The number of rotatable bonds is 7. The molecule has 3 amide bonds. The van der Waals surface area contributed by atoms with E-state index in [2.05, 4.69) is 17.4 Å². The Balaban J connectivity index is 1.55. The van der Waals surface area contributed by atoms with Gasteiger partial charge in [-0.1, -0.05) is 30.3 Å². The summed E-state index contributed by atoms with van der Waals surface area (Å²) in [5.74, 6) is -0.617. The topological polar surface area (TPSA) is 61.9 Å². The average molecular weight is 428 g/mol. The van der Waals surface area contributed by atoms with E-state index < -0.39 is 11.4 Å². The number of nitrogens with zero attached hydrogens (tertiary/aromatic N) is 2. The van der Waals surface area contributed by atoms with Crippen molar-refractivity contribution in [3.05, 3.63) is 59.9 Å². The second kappa shape index (κ2) is 9.81. The van der Waals surface area contributed by atoms with Gasteiger partial charge in [0.15, 0.2) is 11.6 Å². The number of piperazine rings is 1.